The molecular formula is C16H19FN2O. The number of hydrogen-bond acceptors (Lipinski definition) is 3. The van der Waals surface area contributed by atoms with Gasteiger partial charge in [-0.15, -0.1) is 0 Å². The molecule has 20 heavy (non-hydrogen) atoms. The molecular weight excluding hydrogens is 255 g/mol. The lowest BCUT2D eigenvalue weighted by molar-refractivity contribution is 0.242. The summed E-state index contributed by atoms with van der Waals surface area (Å²) in [6.45, 7) is 5.99. The van der Waals surface area contributed by atoms with Gasteiger partial charge in [-0.1, -0.05) is 18.2 Å². The summed E-state index contributed by atoms with van der Waals surface area (Å²) in [6.07, 6.45) is 0.160. The molecule has 106 valence electrons. The smallest absolute Gasteiger partial charge is 0.214 e. The van der Waals surface area contributed by atoms with Crippen LogP contribution in [0.5, 0.6) is 5.75 Å². The Kier molecular flexibility index (Phi) is 4.56. The highest BCUT2D eigenvalue weighted by atomic mass is 19.1. The third kappa shape index (κ3) is 3.95. The Hall–Kier alpha value is -2.10. The van der Waals surface area contributed by atoms with Crippen LogP contribution in [0.15, 0.2) is 42.5 Å². The summed E-state index contributed by atoms with van der Waals surface area (Å²) in [6, 6.07) is 12.6. The van der Waals surface area contributed by atoms with Crippen LogP contribution in [0, 0.1) is 5.95 Å². The van der Waals surface area contributed by atoms with Gasteiger partial charge >= 0.3 is 0 Å². The summed E-state index contributed by atoms with van der Waals surface area (Å²) in [5, 5.41) is 3.17. The average molecular weight is 274 g/mol. The minimum absolute atomic E-state index is 0.0393. The topological polar surface area (TPSA) is 34.1 Å². The number of rotatable bonds is 5. The van der Waals surface area contributed by atoms with Crippen LogP contribution in [-0.2, 0) is 0 Å². The molecule has 0 amide bonds. The number of pyridine rings is 1. The number of halogens is 1. The molecule has 0 aliphatic heterocycles. The van der Waals surface area contributed by atoms with Crippen molar-refractivity contribution in [3.8, 4) is 5.75 Å². The maximum absolute atomic E-state index is 13.0. The molecule has 3 nitrogen and oxygen atoms in total. The van der Waals surface area contributed by atoms with E-state index in [-0.39, 0.29) is 12.1 Å². The highest BCUT2D eigenvalue weighted by molar-refractivity contribution is 5.39. The molecule has 4 heteroatoms. The van der Waals surface area contributed by atoms with Gasteiger partial charge in [-0.05, 0) is 50.6 Å². The fraction of sp³-hybridized carbons (Fsp3) is 0.312. The number of nitrogens with one attached hydrogen (secondary N) is 1. The fourth-order valence-electron chi connectivity index (χ4n) is 1.90. The Morgan fingerprint density at radius 3 is 2.35 bits per heavy atom. The molecule has 0 spiro atoms. The van der Waals surface area contributed by atoms with Crippen molar-refractivity contribution < 1.29 is 9.13 Å². The number of aromatic nitrogens is 1. The lowest BCUT2D eigenvalue weighted by Crippen LogP contribution is -2.09. The van der Waals surface area contributed by atoms with Crippen molar-refractivity contribution in [2.45, 2.75) is 32.9 Å². The van der Waals surface area contributed by atoms with Gasteiger partial charge < -0.3 is 10.1 Å². The van der Waals surface area contributed by atoms with E-state index >= 15 is 0 Å². The minimum Gasteiger partial charge on any atom is -0.491 e. The first-order chi connectivity index (χ1) is 9.54. The van der Waals surface area contributed by atoms with E-state index in [1.807, 2.05) is 45.0 Å². The van der Waals surface area contributed by atoms with E-state index in [0.717, 1.165) is 11.3 Å². The van der Waals surface area contributed by atoms with E-state index < -0.39 is 5.95 Å². The number of benzene rings is 1. The van der Waals surface area contributed by atoms with E-state index in [1.165, 1.54) is 6.07 Å². The van der Waals surface area contributed by atoms with Gasteiger partial charge in [-0.25, -0.2) is 4.98 Å². The van der Waals surface area contributed by atoms with E-state index in [0.29, 0.717) is 5.82 Å². The molecule has 1 N–H and O–H groups in total. The van der Waals surface area contributed by atoms with Gasteiger partial charge in [0.25, 0.3) is 0 Å². The Balaban J connectivity index is 2.03. The van der Waals surface area contributed by atoms with E-state index in [9.17, 15) is 4.39 Å². The van der Waals surface area contributed by atoms with Crippen LogP contribution in [-0.4, -0.2) is 11.1 Å². The minimum atomic E-state index is -0.483. The van der Waals surface area contributed by atoms with Crippen LogP contribution in [0.25, 0.3) is 0 Å². The maximum atomic E-state index is 13.0. The van der Waals surface area contributed by atoms with Crippen molar-refractivity contribution in [2.75, 3.05) is 5.32 Å². The first-order valence-corrected chi connectivity index (χ1v) is 6.70. The monoisotopic (exact) mass is 274 g/mol. The summed E-state index contributed by atoms with van der Waals surface area (Å²) >= 11 is 0. The molecule has 0 bridgehead atoms. The number of nitrogens with zero attached hydrogens (tertiary/aromatic N) is 1. The predicted octanol–water partition coefficient (Wildman–Crippen LogP) is 4.18. The number of anilines is 1. The Morgan fingerprint density at radius 1 is 1.05 bits per heavy atom. The molecule has 2 rings (SSSR count). The van der Waals surface area contributed by atoms with Crippen LogP contribution < -0.4 is 10.1 Å². The Bertz CT molecular complexity index is 555. The molecule has 1 atom stereocenters. The van der Waals surface area contributed by atoms with E-state index in [1.54, 1.807) is 12.1 Å². The normalized spacial score (nSPS) is 12.2. The van der Waals surface area contributed by atoms with Gasteiger partial charge in [-0.2, -0.15) is 4.39 Å². The largest absolute Gasteiger partial charge is 0.491 e. The van der Waals surface area contributed by atoms with Gasteiger partial charge in [0.15, 0.2) is 0 Å². The fourth-order valence-corrected chi connectivity index (χ4v) is 1.90. The first-order valence-electron chi connectivity index (χ1n) is 6.70. The molecule has 0 aliphatic carbocycles. The second kappa shape index (κ2) is 6.37. The summed E-state index contributed by atoms with van der Waals surface area (Å²) in [7, 11) is 0. The van der Waals surface area contributed by atoms with Crippen molar-refractivity contribution in [1.29, 1.82) is 0 Å². The van der Waals surface area contributed by atoms with E-state index in [4.69, 9.17) is 4.74 Å². The molecule has 0 radical (unpaired) electrons. The predicted molar refractivity (Wildman–Crippen MR) is 78.4 cm³/mol. The molecule has 2 aromatic rings. The van der Waals surface area contributed by atoms with Crippen molar-refractivity contribution >= 4 is 5.82 Å². The zero-order chi connectivity index (χ0) is 14.5. The zero-order valence-electron chi connectivity index (χ0n) is 11.9. The summed E-state index contributed by atoms with van der Waals surface area (Å²) in [5.74, 6) is 0.891. The van der Waals surface area contributed by atoms with Crippen molar-refractivity contribution in [2.24, 2.45) is 0 Å². The average Bonchev–Trinajstić information content (AvgIpc) is 2.38. The van der Waals surface area contributed by atoms with Gasteiger partial charge in [0.1, 0.15) is 11.6 Å². The first kappa shape index (κ1) is 14.3. The van der Waals surface area contributed by atoms with E-state index in [2.05, 4.69) is 10.3 Å². The lowest BCUT2D eigenvalue weighted by atomic mass is 10.1. The highest BCUT2D eigenvalue weighted by Crippen LogP contribution is 2.21. The lowest BCUT2D eigenvalue weighted by Gasteiger charge is -2.16. The SMILES string of the molecule is CC(C)Oc1ccc(C(C)Nc2cccc(F)n2)cc1. The standard InChI is InChI=1S/C16H19FN2O/c1-11(2)20-14-9-7-13(8-10-14)12(3)18-16-6-4-5-15(17)19-16/h4-12H,1-3H3,(H,18,19). The van der Waals surface area contributed by atoms with Crippen LogP contribution in [0.2, 0.25) is 0 Å². The third-order valence-electron chi connectivity index (χ3n) is 2.83. The number of hydrogen-bond donors (Lipinski definition) is 1. The van der Waals surface area contributed by atoms with Crippen LogP contribution in [0.4, 0.5) is 10.2 Å². The Labute approximate surface area is 118 Å². The van der Waals surface area contributed by atoms with Crippen molar-refractivity contribution in [1.82, 2.24) is 4.98 Å². The third-order valence-corrected chi connectivity index (χ3v) is 2.83. The summed E-state index contributed by atoms with van der Waals surface area (Å²) in [5.41, 5.74) is 1.09. The Morgan fingerprint density at radius 2 is 1.75 bits per heavy atom. The van der Waals surface area contributed by atoms with Crippen LogP contribution in [0.3, 0.4) is 0 Å². The quantitative estimate of drug-likeness (QED) is 0.830. The van der Waals surface area contributed by atoms with Gasteiger partial charge in [-0.3, -0.25) is 0 Å². The molecule has 1 aromatic carbocycles. The molecule has 0 saturated carbocycles. The second-order valence-corrected chi connectivity index (χ2v) is 4.95. The van der Waals surface area contributed by atoms with Gasteiger partial charge in [0.2, 0.25) is 5.95 Å². The van der Waals surface area contributed by atoms with Gasteiger partial charge in [0, 0.05) is 6.04 Å². The molecule has 0 saturated heterocycles. The molecule has 1 heterocycles. The van der Waals surface area contributed by atoms with Gasteiger partial charge in [0.05, 0.1) is 6.10 Å². The maximum Gasteiger partial charge on any atom is 0.214 e. The summed E-state index contributed by atoms with van der Waals surface area (Å²) in [4.78, 5) is 3.79. The molecule has 1 unspecified atom stereocenters. The molecule has 0 fully saturated rings. The zero-order valence-corrected chi connectivity index (χ0v) is 11.9. The molecule has 1 aromatic heterocycles. The highest BCUT2D eigenvalue weighted by Gasteiger charge is 2.07. The molecule has 0 aliphatic rings. The van der Waals surface area contributed by atoms with Crippen LogP contribution in [0.1, 0.15) is 32.4 Å². The second-order valence-electron chi connectivity index (χ2n) is 4.95. The van der Waals surface area contributed by atoms with Crippen molar-refractivity contribution in [3.05, 3.63) is 54.0 Å². The summed E-state index contributed by atoms with van der Waals surface area (Å²) < 4.78 is 18.6. The van der Waals surface area contributed by atoms with Crippen LogP contribution >= 0.6 is 0 Å². The van der Waals surface area contributed by atoms with Crippen molar-refractivity contribution in [3.63, 3.8) is 0 Å². The number of ether oxygens (including phenoxy) is 1.